The van der Waals surface area contributed by atoms with Gasteiger partial charge in [0, 0.05) is 45.4 Å². The van der Waals surface area contributed by atoms with Gasteiger partial charge in [-0.25, -0.2) is 14.4 Å². The number of hydrogen-bond acceptors (Lipinski definition) is 9. The summed E-state index contributed by atoms with van der Waals surface area (Å²) in [6, 6.07) is 42.4. The number of carbonyl (C=O) groups is 5. The second-order valence-corrected chi connectivity index (χ2v) is 19.7. The molecule has 1 unspecified atom stereocenters. The van der Waals surface area contributed by atoms with E-state index in [-0.39, 0.29) is 44.9 Å². The zero-order chi connectivity index (χ0) is 49.6. The van der Waals surface area contributed by atoms with Crippen LogP contribution in [0, 0.1) is 5.92 Å². The van der Waals surface area contributed by atoms with Crippen molar-refractivity contribution in [2.75, 3.05) is 26.0 Å². The third kappa shape index (κ3) is 13.5. The molecule has 1 aliphatic heterocycles. The maximum absolute atomic E-state index is 15.6. The fourth-order valence-corrected chi connectivity index (χ4v) is 10.2. The second kappa shape index (κ2) is 24.1. The zero-order valence-corrected chi connectivity index (χ0v) is 41.0. The monoisotopic (exact) mass is 956 g/mol. The van der Waals surface area contributed by atoms with E-state index in [0.717, 1.165) is 33.4 Å². The normalized spacial score (nSPS) is 14.9. The number of rotatable bonds is 20. The minimum Gasteiger partial charge on any atom is -0.480 e. The summed E-state index contributed by atoms with van der Waals surface area (Å²) in [5.41, 5.74) is 4.46. The average Bonchev–Trinajstić information content (AvgIpc) is 3.34. The molecule has 4 atom stereocenters. The van der Waals surface area contributed by atoms with Crippen LogP contribution < -0.4 is 10.6 Å². The summed E-state index contributed by atoms with van der Waals surface area (Å²) in [6.07, 6.45) is -1.41. The number of alkyl carbamates (subject to hydrolysis) is 1. The lowest BCUT2D eigenvalue weighted by molar-refractivity contribution is -0.149. The van der Waals surface area contributed by atoms with Gasteiger partial charge in [-0.2, -0.15) is 0 Å². The highest BCUT2D eigenvalue weighted by atomic mass is 32.2. The molecule has 0 fully saturated rings. The van der Waals surface area contributed by atoms with Crippen LogP contribution in [0.1, 0.15) is 74.4 Å². The Morgan fingerprint density at radius 2 is 1.28 bits per heavy atom. The summed E-state index contributed by atoms with van der Waals surface area (Å²) < 4.78 is 16.2. The lowest BCUT2D eigenvalue weighted by Gasteiger charge is -2.42. The molecule has 3 N–H and O–H groups in total. The van der Waals surface area contributed by atoms with Crippen molar-refractivity contribution in [3.8, 4) is 0 Å². The van der Waals surface area contributed by atoms with E-state index in [9.17, 15) is 24.3 Å². The molecule has 0 aliphatic carbocycles. The number of fused-ring (bicyclic) bond motifs is 1. The van der Waals surface area contributed by atoms with Crippen LogP contribution in [-0.2, 0) is 52.9 Å². The van der Waals surface area contributed by atoms with Gasteiger partial charge < -0.3 is 34.9 Å². The summed E-state index contributed by atoms with van der Waals surface area (Å²) in [7, 11) is 1.44. The van der Waals surface area contributed by atoms with E-state index in [1.54, 1.807) is 32.5 Å². The van der Waals surface area contributed by atoms with Gasteiger partial charge in [-0.05, 0) is 60.1 Å². The Labute approximate surface area is 409 Å². The minimum atomic E-state index is -1.27. The van der Waals surface area contributed by atoms with Crippen molar-refractivity contribution in [3.63, 3.8) is 0 Å². The molecular formula is C55H64N4O9S. The molecular weight excluding hydrogens is 893 g/mol. The van der Waals surface area contributed by atoms with Gasteiger partial charge in [0.2, 0.25) is 11.8 Å². The second-order valence-electron chi connectivity index (χ2n) is 18.5. The van der Waals surface area contributed by atoms with Gasteiger partial charge in [-0.1, -0.05) is 159 Å². The minimum absolute atomic E-state index is 0.00856. The number of carbonyl (C=O) groups excluding carboxylic acids is 4. The van der Waals surface area contributed by atoms with E-state index in [1.165, 1.54) is 16.9 Å². The number of carboxylic acid groups (broad SMARTS) is 1. The average molecular weight is 957 g/mol. The smallest absolute Gasteiger partial charge is 0.410 e. The Hall–Kier alpha value is -6.64. The number of aliphatic carboxylic acids is 1. The molecule has 5 aromatic rings. The summed E-state index contributed by atoms with van der Waals surface area (Å²) in [4.78, 5) is 73.9. The standard InChI is InChI=1S/C55H64N4O9S/c1-38(2)48(50(61)58-34-41-24-20-19-23-40(41)33-47(58)49(60)57-46(51(62)63)31-32-66-6)59(53(65)67-36-39-21-11-7-12-22-39)35-45(56-52(64)68-54(3,4)5)37-69-55(42-25-13-8-14-26-42,43-27-15-9-16-28-43)44-29-17-10-18-30-44/h7-30,38,45-48H,31-37H2,1-6H3,(H,56,64)(H,57,60)(H,62,63)/t45?,46-,47+,48-/m0/s1. The molecule has 0 spiro atoms. The summed E-state index contributed by atoms with van der Waals surface area (Å²) >= 11 is 1.57. The van der Waals surface area contributed by atoms with E-state index in [0.29, 0.717) is 0 Å². The van der Waals surface area contributed by atoms with E-state index in [1.807, 2.05) is 123 Å². The maximum atomic E-state index is 15.6. The van der Waals surface area contributed by atoms with Crippen molar-refractivity contribution < 1.29 is 43.3 Å². The summed E-state index contributed by atoms with van der Waals surface area (Å²) in [6.45, 7) is 8.72. The molecule has 69 heavy (non-hydrogen) atoms. The van der Waals surface area contributed by atoms with Crippen molar-refractivity contribution in [2.45, 2.75) is 95.1 Å². The molecule has 4 amide bonds. The van der Waals surface area contributed by atoms with E-state index in [2.05, 4.69) is 47.0 Å². The van der Waals surface area contributed by atoms with Crippen LogP contribution in [0.3, 0.4) is 0 Å². The predicted molar refractivity (Wildman–Crippen MR) is 267 cm³/mol. The molecule has 1 heterocycles. The number of amides is 4. The number of hydrogen-bond donors (Lipinski definition) is 3. The van der Waals surface area contributed by atoms with Crippen LogP contribution in [0.4, 0.5) is 9.59 Å². The molecule has 0 radical (unpaired) electrons. The number of benzene rings is 5. The highest BCUT2D eigenvalue weighted by molar-refractivity contribution is 8.00. The van der Waals surface area contributed by atoms with E-state index < -0.39 is 70.4 Å². The molecule has 5 aromatic carbocycles. The summed E-state index contributed by atoms with van der Waals surface area (Å²) in [5.74, 6) is -2.78. The maximum Gasteiger partial charge on any atom is 0.410 e. The largest absolute Gasteiger partial charge is 0.480 e. The van der Waals surface area contributed by atoms with Crippen LogP contribution in [0.5, 0.6) is 0 Å². The summed E-state index contributed by atoms with van der Waals surface area (Å²) in [5, 5.41) is 15.8. The van der Waals surface area contributed by atoms with Crippen molar-refractivity contribution in [3.05, 3.63) is 179 Å². The first-order chi connectivity index (χ1) is 33.1. The fourth-order valence-electron chi connectivity index (χ4n) is 8.65. The van der Waals surface area contributed by atoms with E-state index in [4.69, 9.17) is 14.2 Å². The highest BCUT2D eigenvalue weighted by Crippen LogP contribution is 2.48. The van der Waals surface area contributed by atoms with Crippen LogP contribution in [0.25, 0.3) is 0 Å². The topological polar surface area (TPSA) is 164 Å². The molecule has 14 heteroatoms. The highest BCUT2D eigenvalue weighted by Gasteiger charge is 2.45. The molecule has 6 rings (SSSR count). The first-order valence-electron chi connectivity index (χ1n) is 23.3. The Morgan fingerprint density at radius 1 is 0.754 bits per heavy atom. The zero-order valence-electron chi connectivity index (χ0n) is 40.2. The lowest BCUT2D eigenvalue weighted by Crippen LogP contribution is -2.62. The van der Waals surface area contributed by atoms with Gasteiger partial charge in [-0.3, -0.25) is 14.5 Å². The molecule has 0 aromatic heterocycles. The van der Waals surface area contributed by atoms with Crippen molar-refractivity contribution >= 4 is 41.7 Å². The third-order valence-corrected chi connectivity index (χ3v) is 13.6. The number of carboxylic acids is 1. The van der Waals surface area contributed by atoms with Gasteiger partial charge >= 0.3 is 18.2 Å². The first kappa shape index (κ1) is 51.7. The first-order valence-corrected chi connectivity index (χ1v) is 24.3. The lowest BCUT2D eigenvalue weighted by atomic mass is 9.84. The Morgan fingerprint density at radius 3 is 1.78 bits per heavy atom. The number of ether oxygens (including phenoxy) is 3. The van der Waals surface area contributed by atoms with Gasteiger partial charge in [-0.15, -0.1) is 11.8 Å². The Kier molecular flexibility index (Phi) is 18.1. The van der Waals surface area contributed by atoms with Crippen LogP contribution in [0.15, 0.2) is 146 Å². The SMILES string of the molecule is COCC[C@H](NC(=O)[C@H]1Cc2ccccc2CN1C(=O)[C@H](C(C)C)N(CC(CSC(c1ccccc1)(c1ccccc1)c1ccccc1)NC(=O)OC(C)(C)C)C(=O)OCc1ccccc1)C(=O)O. The molecule has 0 saturated heterocycles. The number of thioether (sulfide) groups is 1. The molecule has 0 bridgehead atoms. The van der Waals surface area contributed by atoms with Crippen LogP contribution in [-0.4, -0.2) is 101 Å². The molecule has 13 nitrogen and oxygen atoms in total. The number of nitrogens with zero attached hydrogens (tertiary/aromatic N) is 2. The van der Waals surface area contributed by atoms with Gasteiger partial charge in [0.15, 0.2) is 0 Å². The number of methoxy groups -OCH3 is 1. The van der Waals surface area contributed by atoms with E-state index >= 15 is 4.79 Å². The van der Waals surface area contributed by atoms with Crippen molar-refractivity contribution in [1.29, 1.82) is 0 Å². The Balaban J connectivity index is 1.44. The molecule has 1 aliphatic rings. The van der Waals surface area contributed by atoms with Crippen molar-refractivity contribution in [1.82, 2.24) is 20.4 Å². The van der Waals surface area contributed by atoms with Crippen molar-refractivity contribution in [2.24, 2.45) is 5.92 Å². The fraction of sp³-hybridized carbons (Fsp3) is 0.364. The van der Waals surface area contributed by atoms with Gasteiger partial charge in [0.1, 0.15) is 30.3 Å². The molecule has 364 valence electrons. The number of nitrogens with one attached hydrogen (secondary N) is 2. The van der Waals surface area contributed by atoms with Gasteiger partial charge in [0.25, 0.3) is 0 Å². The quantitative estimate of drug-likeness (QED) is 0.0643. The Bertz CT molecular complexity index is 2370. The van der Waals surface area contributed by atoms with Crippen LogP contribution in [0.2, 0.25) is 0 Å². The van der Waals surface area contributed by atoms with Gasteiger partial charge in [0.05, 0.1) is 10.8 Å². The predicted octanol–water partition coefficient (Wildman–Crippen LogP) is 8.83. The van der Waals surface area contributed by atoms with Crippen LogP contribution >= 0.6 is 11.8 Å². The third-order valence-electron chi connectivity index (χ3n) is 11.9. The molecule has 0 saturated carbocycles.